The molecule has 0 saturated heterocycles. The Morgan fingerprint density at radius 2 is 1.76 bits per heavy atom. The zero-order chi connectivity index (χ0) is 24.3. The Balaban J connectivity index is 1.61. The number of benzene rings is 2. The second kappa shape index (κ2) is 9.38. The van der Waals surface area contributed by atoms with Gasteiger partial charge in [0.1, 0.15) is 17.0 Å². The normalized spacial score (nSPS) is 12.3. The van der Waals surface area contributed by atoms with Gasteiger partial charge in [-0.2, -0.15) is 13.2 Å². The van der Waals surface area contributed by atoms with E-state index in [0.717, 1.165) is 17.8 Å². The van der Waals surface area contributed by atoms with Crippen LogP contribution in [0.3, 0.4) is 0 Å². The third-order valence-electron chi connectivity index (χ3n) is 5.11. The van der Waals surface area contributed by atoms with Crippen LogP contribution in [0.1, 0.15) is 34.6 Å². The number of fused-ring (bicyclic) bond motifs is 1. The molecule has 1 N–H and O–H groups in total. The molecule has 2 aromatic carbocycles. The lowest BCUT2D eigenvalue weighted by Crippen LogP contribution is -2.27. The van der Waals surface area contributed by atoms with Crippen LogP contribution in [0.25, 0.3) is 10.9 Å². The molecule has 4 rings (SSSR count). The molecule has 2 aromatic heterocycles. The van der Waals surface area contributed by atoms with Gasteiger partial charge in [-0.05, 0) is 55.5 Å². The summed E-state index contributed by atoms with van der Waals surface area (Å²) in [7, 11) is 1.47. The third kappa shape index (κ3) is 5.09. The molecule has 1 amide bonds. The van der Waals surface area contributed by atoms with Crippen molar-refractivity contribution >= 4 is 16.8 Å². The smallest absolute Gasteiger partial charge is 0.416 e. The number of pyridine rings is 2. The molecule has 34 heavy (non-hydrogen) atoms. The molecule has 4 aromatic rings. The summed E-state index contributed by atoms with van der Waals surface area (Å²) in [4.78, 5) is 21.4. The van der Waals surface area contributed by atoms with Crippen molar-refractivity contribution in [3.63, 3.8) is 0 Å². The van der Waals surface area contributed by atoms with E-state index >= 15 is 0 Å². The topological polar surface area (TPSA) is 73.3 Å². The molecule has 0 spiro atoms. The minimum absolute atomic E-state index is 0.204. The van der Waals surface area contributed by atoms with Gasteiger partial charge in [0, 0.05) is 23.8 Å². The Morgan fingerprint density at radius 3 is 2.41 bits per heavy atom. The van der Waals surface area contributed by atoms with Gasteiger partial charge in [-0.15, -0.1) is 0 Å². The highest BCUT2D eigenvalue weighted by molar-refractivity contribution is 5.98. The fourth-order valence-corrected chi connectivity index (χ4v) is 3.33. The minimum atomic E-state index is -4.44. The predicted molar refractivity (Wildman–Crippen MR) is 120 cm³/mol. The van der Waals surface area contributed by atoms with Crippen LogP contribution >= 0.6 is 0 Å². The Bertz CT molecular complexity index is 1310. The number of hydrogen-bond acceptors (Lipinski definition) is 5. The first-order valence-corrected chi connectivity index (χ1v) is 10.3. The van der Waals surface area contributed by atoms with Gasteiger partial charge < -0.3 is 14.8 Å². The first-order chi connectivity index (χ1) is 16.2. The van der Waals surface area contributed by atoms with Gasteiger partial charge in [0.2, 0.25) is 0 Å². The summed E-state index contributed by atoms with van der Waals surface area (Å²) in [5.74, 6) is 0.592. The molecule has 2 heterocycles. The van der Waals surface area contributed by atoms with Crippen LogP contribution in [0.15, 0.2) is 73.1 Å². The van der Waals surface area contributed by atoms with Crippen LogP contribution in [-0.4, -0.2) is 23.0 Å². The number of aromatic nitrogens is 2. The van der Waals surface area contributed by atoms with Crippen molar-refractivity contribution in [1.82, 2.24) is 15.3 Å². The molecule has 0 bridgehead atoms. The monoisotopic (exact) mass is 467 g/mol. The van der Waals surface area contributed by atoms with Gasteiger partial charge in [0.25, 0.3) is 5.91 Å². The maximum absolute atomic E-state index is 12.8. The van der Waals surface area contributed by atoms with Crippen molar-refractivity contribution in [2.24, 2.45) is 0 Å². The summed E-state index contributed by atoms with van der Waals surface area (Å²) in [6.07, 6.45) is -1.37. The van der Waals surface area contributed by atoms with E-state index in [4.69, 9.17) is 9.47 Å². The van der Waals surface area contributed by atoms with Crippen molar-refractivity contribution in [1.29, 1.82) is 0 Å². The Hall–Kier alpha value is -4.14. The maximum atomic E-state index is 12.8. The summed E-state index contributed by atoms with van der Waals surface area (Å²) in [6, 6.07) is 14.4. The molecule has 0 aliphatic carbocycles. The van der Waals surface area contributed by atoms with E-state index in [1.54, 1.807) is 30.5 Å². The summed E-state index contributed by atoms with van der Waals surface area (Å²) in [5, 5.41) is 3.45. The number of carbonyl (C=O) groups is 1. The van der Waals surface area contributed by atoms with Crippen LogP contribution in [0.2, 0.25) is 0 Å². The minimum Gasteiger partial charge on any atom is -0.497 e. The second-order valence-corrected chi connectivity index (χ2v) is 7.50. The fourth-order valence-electron chi connectivity index (χ4n) is 3.33. The molecule has 0 saturated carbocycles. The predicted octanol–water partition coefficient (Wildman–Crippen LogP) is 5.94. The summed E-state index contributed by atoms with van der Waals surface area (Å²) in [6.45, 7) is 1.83. The number of methoxy groups -OCH3 is 1. The molecule has 0 unspecified atom stereocenters. The van der Waals surface area contributed by atoms with Crippen LogP contribution in [-0.2, 0) is 6.18 Å². The fraction of sp³-hybridized carbons (Fsp3) is 0.160. The van der Waals surface area contributed by atoms with E-state index < -0.39 is 11.7 Å². The van der Waals surface area contributed by atoms with E-state index in [-0.39, 0.29) is 23.4 Å². The number of nitrogens with one attached hydrogen (secondary N) is 1. The number of alkyl halides is 3. The van der Waals surface area contributed by atoms with Gasteiger partial charge in [0.05, 0.1) is 30.0 Å². The lowest BCUT2D eigenvalue weighted by atomic mass is 10.1. The molecular weight excluding hydrogens is 447 g/mol. The number of rotatable bonds is 6. The highest BCUT2D eigenvalue weighted by atomic mass is 19.4. The average Bonchev–Trinajstić information content (AvgIpc) is 2.83. The summed E-state index contributed by atoms with van der Waals surface area (Å²) < 4.78 is 49.6. The molecule has 0 aliphatic heterocycles. The Morgan fingerprint density at radius 1 is 1.00 bits per heavy atom. The van der Waals surface area contributed by atoms with Gasteiger partial charge in [-0.1, -0.05) is 6.07 Å². The largest absolute Gasteiger partial charge is 0.497 e. The number of carbonyl (C=O) groups excluding carboxylic acids is 1. The molecule has 0 aliphatic rings. The summed E-state index contributed by atoms with van der Waals surface area (Å²) >= 11 is 0. The maximum Gasteiger partial charge on any atom is 0.416 e. The van der Waals surface area contributed by atoms with Crippen LogP contribution < -0.4 is 14.8 Å². The lowest BCUT2D eigenvalue weighted by Gasteiger charge is -2.14. The van der Waals surface area contributed by atoms with Crippen molar-refractivity contribution in [3.8, 4) is 17.2 Å². The number of nitrogens with zero attached hydrogens (tertiary/aromatic N) is 2. The SMILES string of the molecule is COc1cc(Oc2ccc(C(F)(F)F)cc2)c2ncc(C(=O)N[C@@H](C)c3ccccn3)cc2c1. The molecule has 0 radical (unpaired) electrons. The van der Waals surface area contributed by atoms with Crippen LogP contribution in [0.5, 0.6) is 17.2 Å². The number of ether oxygens (including phenoxy) is 2. The van der Waals surface area contributed by atoms with Crippen molar-refractivity contribution in [3.05, 3.63) is 89.9 Å². The first-order valence-electron chi connectivity index (χ1n) is 10.3. The van der Waals surface area contributed by atoms with E-state index in [1.165, 1.54) is 25.4 Å². The molecule has 174 valence electrons. The quantitative estimate of drug-likeness (QED) is 0.380. The highest BCUT2D eigenvalue weighted by Crippen LogP contribution is 2.35. The molecule has 6 nitrogen and oxygen atoms in total. The van der Waals surface area contributed by atoms with Gasteiger partial charge in [0.15, 0.2) is 5.75 Å². The highest BCUT2D eigenvalue weighted by Gasteiger charge is 2.30. The van der Waals surface area contributed by atoms with Crippen molar-refractivity contribution < 1.29 is 27.4 Å². The van der Waals surface area contributed by atoms with Crippen LogP contribution in [0, 0.1) is 0 Å². The van der Waals surface area contributed by atoms with E-state index in [9.17, 15) is 18.0 Å². The van der Waals surface area contributed by atoms with E-state index in [1.807, 2.05) is 19.1 Å². The van der Waals surface area contributed by atoms with Crippen molar-refractivity contribution in [2.45, 2.75) is 19.1 Å². The third-order valence-corrected chi connectivity index (χ3v) is 5.11. The summed E-state index contributed by atoms with van der Waals surface area (Å²) in [5.41, 5.74) is 0.696. The Labute approximate surface area is 193 Å². The lowest BCUT2D eigenvalue weighted by molar-refractivity contribution is -0.137. The molecule has 1 atom stereocenters. The molecular formula is C25H20F3N3O3. The molecule has 0 fully saturated rings. The first kappa shape index (κ1) is 23.0. The standard InChI is InChI=1S/C25H20F3N3O3/c1-15(21-5-3-4-10-29-21)31-24(32)17-11-16-12-20(33-2)13-22(23(16)30-14-17)34-19-8-6-18(7-9-19)25(26,27)28/h3-15H,1-2H3,(H,31,32)/t15-/m0/s1. The van der Waals surface area contributed by atoms with Gasteiger partial charge in [-0.25, -0.2) is 0 Å². The van der Waals surface area contributed by atoms with E-state index in [0.29, 0.717) is 22.2 Å². The van der Waals surface area contributed by atoms with Crippen LogP contribution in [0.4, 0.5) is 13.2 Å². The van der Waals surface area contributed by atoms with Gasteiger partial charge in [-0.3, -0.25) is 14.8 Å². The average molecular weight is 467 g/mol. The Kier molecular flexibility index (Phi) is 6.36. The number of hydrogen-bond donors (Lipinski definition) is 1. The molecule has 9 heteroatoms. The zero-order valence-corrected chi connectivity index (χ0v) is 18.3. The number of halogens is 3. The van der Waals surface area contributed by atoms with Gasteiger partial charge >= 0.3 is 6.18 Å². The van der Waals surface area contributed by atoms with Crippen molar-refractivity contribution in [2.75, 3.05) is 7.11 Å². The zero-order valence-electron chi connectivity index (χ0n) is 18.3. The second-order valence-electron chi connectivity index (χ2n) is 7.50. The van der Waals surface area contributed by atoms with E-state index in [2.05, 4.69) is 15.3 Å². The number of amides is 1.